The molecule has 6 heteroatoms. The van der Waals surface area contributed by atoms with E-state index < -0.39 is 0 Å². The standard InChI is InChI=1S/C19H18Cl2N2O2/c20-12-9-10-14(16(21)11-12)18(24)23-17-8-4-3-7-15(17)19(25)22-13-5-1-2-6-13/h3-4,7-11,13H,1-2,5-6H2,(H,22,25)(H,23,24). The molecule has 1 aliphatic rings. The molecule has 0 heterocycles. The fourth-order valence-electron chi connectivity index (χ4n) is 2.99. The lowest BCUT2D eigenvalue weighted by atomic mass is 10.1. The molecule has 1 aliphatic carbocycles. The van der Waals surface area contributed by atoms with E-state index in [1.165, 1.54) is 6.07 Å². The topological polar surface area (TPSA) is 58.2 Å². The highest BCUT2D eigenvalue weighted by Gasteiger charge is 2.20. The van der Waals surface area contributed by atoms with Crippen LogP contribution < -0.4 is 10.6 Å². The molecular formula is C19H18Cl2N2O2. The number of anilines is 1. The molecule has 2 aromatic rings. The molecule has 0 radical (unpaired) electrons. The third-order valence-corrected chi connectivity index (χ3v) is 4.83. The van der Waals surface area contributed by atoms with Crippen molar-refractivity contribution in [3.63, 3.8) is 0 Å². The van der Waals surface area contributed by atoms with E-state index in [9.17, 15) is 9.59 Å². The molecule has 4 nitrogen and oxygen atoms in total. The van der Waals surface area contributed by atoms with Crippen LogP contribution >= 0.6 is 23.2 Å². The van der Waals surface area contributed by atoms with Gasteiger partial charge in [-0.2, -0.15) is 0 Å². The minimum Gasteiger partial charge on any atom is -0.349 e. The van der Waals surface area contributed by atoms with Crippen LogP contribution in [-0.2, 0) is 0 Å². The zero-order valence-corrected chi connectivity index (χ0v) is 15.0. The largest absolute Gasteiger partial charge is 0.349 e. The van der Waals surface area contributed by atoms with Gasteiger partial charge in [0.1, 0.15) is 0 Å². The second-order valence-corrected chi connectivity index (χ2v) is 6.92. The van der Waals surface area contributed by atoms with Crippen LogP contribution in [0.5, 0.6) is 0 Å². The summed E-state index contributed by atoms with van der Waals surface area (Å²) in [5.41, 5.74) is 1.19. The van der Waals surface area contributed by atoms with Gasteiger partial charge in [0.05, 0.1) is 21.8 Å². The molecule has 0 unspecified atom stereocenters. The minimum absolute atomic E-state index is 0.176. The zero-order chi connectivity index (χ0) is 17.8. The van der Waals surface area contributed by atoms with Gasteiger partial charge >= 0.3 is 0 Å². The normalized spacial score (nSPS) is 14.3. The van der Waals surface area contributed by atoms with E-state index >= 15 is 0 Å². The maximum Gasteiger partial charge on any atom is 0.257 e. The highest BCUT2D eigenvalue weighted by Crippen LogP contribution is 2.24. The van der Waals surface area contributed by atoms with Crippen molar-refractivity contribution in [2.24, 2.45) is 0 Å². The molecular weight excluding hydrogens is 359 g/mol. The lowest BCUT2D eigenvalue weighted by Crippen LogP contribution is -2.33. The van der Waals surface area contributed by atoms with Crippen molar-refractivity contribution in [3.8, 4) is 0 Å². The molecule has 0 aliphatic heterocycles. The monoisotopic (exact) mass is 376 g/mol. The van der Waals surface area contributed by atoms with E-state index in [-0.39, 0.29) is 22.9 Å². The minimum atomic E-state index is -0.386. The highest BCUT2D eigenvalue weighted by molar-refractivity contribution is 6.37. The predicted molar refractivity (Wildman–Crippen MR) is 101 cm³/mol. The summed E-state index contributed by atoms with van der Waals surface area (Å²) in [4.78, 5) is 25.0. The van der Waals surface area contributed by atoms with Gasteiger partial charge in [-0.25, -0.2) is 0 Å². The number of rotatable bonds is 4. The van der Waals surface area contributed by atoms with Crippen molar-refractivity contribution in [1.82, 2.24) is 5.32 Å². The molecule has 2 N–H and O–H groups in total. The maximum absolute atomic E-state index is 12.5. The van der Waals surface area contributed by atoms with E-state index in [0.717, 1.165) is 25.7 Å². The number of halogens is 2. The van der Waals surface area contributed by atoms with E-state index in [2.05, 4.69) is 10.6 Å². The predicted octanol–water partition coefficient (Wildman–Crippen LogP) is 4.92. The first-order valence-corrected chi connectivity index (χ1v) is 8.96. The first-order chi connectivity index (χ1) is 12.0. The van der Waals surface area contributed by atoms with Crippen LogP contribution in [0.25, 0.3) is 0 Å². The smallest absolute Gasteiger partial charge is 0.257 e. The molecule has 0 atom stereocenters. The summed E-state index contributed by atoms with van der Waals surface area (Å²) in [6, 6.07) is 11.8. The first kappa shape index (κ1) is 17.8. The molecule has 130 valence electrons. The Labute approximate surface area is 156 Å². The molecule has 0 saturated heterocycles. The molecule has 1 fully saturated rings. The Balaban J connectivity index is 1.78. The first-order valence-electron chi connectivity index (χ1n) is 8.21. The molecule has 1 saturated carbocycles. The average molecular weight is 377 g/mol. The summed E-state index contributed by atoms with van der Waals surface area (Å²) in [5.74, 6) is -0.562. The molecule has 0 aromatic heterocycles. The lowest BCUT2D eigenvalue weighted by Gasteiger charge is -2.15. The Bertz CT molecular complexity index is 802. The van der Waals surface area contributed by atoms with E-state index in [0.29, 0.717) is 21.8 Å². The van der Waals surface area contributed by atoms with Crippen molar-refractivity contribution in [3.05, 3.63) is 63.6 Å². The van der Waals surface area contributed by atoms with Crippen molar-refractivity contribution < 1.29 is 9.59 Å². The van der Waals surface area contributed by atoms with Crippen molar-refractivity contribution in [1.29, 1.82) is 0 Å². The van der Waals surface area contributed by atoms with Crippen LogP contribution in [0.15, 0.2) is 42.5 Å². The Kier molecular flexibility index (Phi) is 5.61. The SMILES string of the molecule is O=C(Nc1ccccc1C(=O)NC1CCCC1)c1ccc(Cl)cc1Cl. The quantitative estimate of drug-likeness (QED) is 0.795. The maximum atomic E-state index is 12.5. The van der Waals surface area contributed by atoms with Crippen LogP contribution in [0.4, 0.5) is 5.69 Å². The van der Waals surface area contributed by atoms with E-state index in [1.807, 2.05) is 0 Å². The summed E-state index contributed by atoms with van der Waals surface area (Å²) in [7, 11) is 0. The van der Waals surface area contributed by atoms with Crippen LogP contribution in [0.2, 0.25) is 10.0 Å². The number of carbonyl (C=O) groups excluding carboxylic acids is 2. The van der Waals surface area contributed by atoms with Crippen molar-refractivity contribution in [2.75, 3.05) is 5.32 Å². The zero-order valence-electron chi connectivity index (χ0n) is 13.5. The Morgan fingerprint density at radius 2 is 1.64 bits per heavy atom. The summed E-state index contributed by atoms with van der Waals surface area (Å²) in [6.07, 6.45) is 4.28. The lowest BCUT2D eigenvalue weighted by molar-refractivity contribution is 0.0939. The third kappa shape index (κ3) is 4.33. The molecule has 0 bridgehead atoms. The number of amides is 2. The van der Waals surface area contributed by atoms with Crippen molar-refractivity contribution >= 4 is 40.7 Å². The number of carbonyl (C=O) groups is 2. The Morgan fingerprint density at radius 3 is 2.36 bits per heavy atom. The van der Waals surface area contributed by atoms with E-state index in [1.54, 1.807) is 36.4 Å². The fourth-order valence-corrected chi connectivity index (χ4v) is 3.48. The number of nitrogens with one attached hydrogen (secondary N) is 2. The van der Waals surface area contributed by atoms with Gasteiger partial charge in [0, 0.05) is 11.1 Å². The van der Waals surface area contributed by atoms with E-state index in [4.69, 9.17) is 23.2 Å². The molecule has 2 aromatic carbocycles. The van der Waals surface area contributed by atoms with Gasteiger partial charge in [0.15, 0.2) is 0 Å². The average Bonchev–Trinajstić information content (AvgIpc) is 3.08. The summed E-state index contributed by atoms with van der Waals surface area (Å²) in [6.45, 7) is 0. The molecule has 0 spiro atoms. The summed E-state index contributed by atoms with van der Waals surface area (Å²) in [5, 5.41) is 6.52. The number of hydrogen-bond acceptors (Lipinski definition) is 2. The fraction of sp³-hybridized carbons (Fsp3) is 0.263. The molecule has 3 rings (SSSR count). The van der Waals surface area contributed by atoms with Gasteiger partial charge in [-0.3, -0.25) is 9.59 Å². The number of benzene rings is 2. The van der Waals surface area contributed by atoms with Gasteiger partial charge in [0.2, 0.25) is 0 Å². The van der Waals surface area contributed by atoms with Gasteiger partial charge in [-0.05, 0) is 43.2 Å². The Morgan fingerprint density at radius 1 is 0.920 bits per heavy atom. The molecule has 2 amide bonds. The van der Waals surface area contributed by atoms with Crippen LogP contribution in [-0.4, -0.2) is 17.9 Å². The second-order valence-electron chi connectivity index (χ2n) is 6.08. The van der Waals surface area contributed by atoms with Gasteiger partial charge < -0.3 is 10.6 Å². The van der Waals surface area contributed by atoms with Crippen LogP contribution in [0.3, 0.4) is 0 Å². The Hall–Kier alpha value is -2.04. The van der Waals surface area contributed by atoms with Gasteiger partial charge in [-0.15, -0.1) is 0 Å². The van der Waals surface area contributed by atoms with Gasteiger partial charge in [0.25, 0.3) is 11.8 Å². The highest BCUT2D eigenvalue weighted by atomic mass is 35.5. The summed E-state index contributed by atoms with van der Waals surface area (Å²) >= 11 is 11.9. The number of para-hydroxylation sites is 1. The second kappa shape index (κ2) is 7.89. The van der Waals surface area contributed by atoms with Crippen molar-refractivity contribution in [2.45, 2.75) is 31.7 Å². The summed E-state index contributed by atoms with van der Waals surface area (Å²) < 4.78 is 0. The van der Waals surface area contributed by atoms with Gasteiger partial charge in [-0.1, -0.05) is 48.2 Å². The van der Waals surface area contributed by atoms with Crippen LogP contribution in [0.1, 0.15) is 46.4 Å². The third-order valence-electron chi connectivity index (χ3n) is 4.29. The van der Waals surface area contributed by atoms with Crippen LogP contribution in [0, 0.1) is 0 Å². The number of hydrogen-bond donors (Lipinski definition) is 2. The molecule has 25 heavy (non-hydrogen) atoms.